The third-order valence-electron chi connectivity index (χ3n) is 3.99. The van der Waals surface area contributed by atoms with Crippen LogP contribution in [-0.2, 0) is 15.8 Å². The van der Waals surface area contributed by atoms with E-state index in [-0.39, 0.29) is 16.3 Å². The van der Waals surface area contributed by atoms with Gasteiger partial charge >= 0.3 is 0 Å². The van der Waals surface area contributed by atoms with Gasteiger partial charge in [-0.25, -0.2) is 13.1 Å². The summed E-state index contributed by atoms with van der Waals surface area (Å²) >= 11 is 4.98. The zero-order chi connectivity index (χ0) is 15.5. The lowest BCUT2D eigenvalue weighted by Gasteiger charge is -2.34. The average molecular weight is 326 g/mol. The summed E-state index contributed by atoms with van der Waals surface area (Å²) in [6.45, 7) is 1.99. The van der Waals surface area contributed by atoms with Gasteiger partial charge in [-0.15, -0.1) is 0 Å². The van der Waals surface area contributed by atoms with Crippen molar-refractivity contribution >= 4 is 27.2 Å². The van der Waals surface area contributed by atoms with Crippen LogP contribution in [0.2, 0.25) is 0 Å². The first-order chi connectivity index (χ1) is 9.81. The molecule has 0 heterocycles. The van der Waals surface area contributed by atoms with Gasteiger partial charge < -0.3 is 5.73 Å². The quantitative estimate of drug-likeness (QED) is 0.815. The van der Waals surface area contributed by atoms with Gasteiger partial charge in [0.1, 0.15) is 4.99 Å². The fraction of sp³-hybridized carbons (Fsp3) is 0.533. The van der Waals surface area contributed by atoms with E-state index in [4.69, 9.17) is 18.0 Å². The highest BCUT2D eigenvalue weighted by atomic mass is 32.2. The zero-order valence-corrected chi connectivity index (χ0v) is 13.9. The van der Waals surface area contributed by atoms with Crippen molar-refractivity contribution in [3.8, 4) is 0 Å². The largest absolute Gasteiger partial charge is 0.389 e. The molecule has 0 bridgehead atoms. The molecule has 21 heavy (non-hydrogen) atoms. The minimum Gasteiger partial charge on any atom is -0.389 e. The summed E-state index contributed by atoms with van der Waals surface area (Å²) in [5, 5.41) is 0. The maximum absolute atomic E-state index is 12.5. The zero-order valence-electron chi connectivity index (χ0n) is 12.3. The summed E-state index contributed by atoms with van der Waals surface area (Å²) < 4.78 is 27.8. The van der Waals surface area contributed by atoms with Gasteiger partial charge in [-0.05, 0) is 25.3 Å². The summed E-state index contributed by atoms with van der Waals surface area (Å²) in [5.74, 6) is -0.0872. The molecule has 0 unspecified atom stereocenters. The van der Waals surface area contributed by atoms with Crippen molar-refractivity contribution < 1.29 is 8.42 Å². The highest BCUT2D eigenvalue weighted by Gasteiger charge is 2.31. The minimum atomic E-state index is -3.41. The van der Waals surface area contributed by atoms with Crippen molar-refractivity contribution in [2.75, 3.05) is 0 Å². The molecule has 2 rings (SSSR count). The monoisotopic (exact) mass is 326 g/mol. The van der Waals surface area contributed by atoms with Gasteiger partial charge in [0, 0.05) is 11.1 Å². The molecule has 1 aromatic carbocycles. The van der Waals surface area contributed by atoms with E-state index in [1.54, 1.807) is 24.3 Å². The standard InChI is InChI=1S/C15H22N2O2S2/c1-15(9-5-2-6-10-15)17-21(18,19)11-12-7-3-4-8-13(12)14(16)20/h3-4,7-8,17H,2,5-6,9-11H2,1H3,(H2,16,20). The Labute approximate surface area is 132 Å². The number of sulfonamides is 1. The Morgan fingerprint density at radius 3 is 2.52 bits per heavy atom. The van der Waals surface area contributed by atoms with Crippen LogP contribution in [0.15, 0.2) is 24.3 Å². The summed E-state index contributed by atoms with van der Waals surface area (Å²) in [5.41, 5.74) is 6.62. The van der Waals surface area contributed by atoms with Crippen LogP contribution in [0.3, 0.4) is 0 Å². The molecule has 1 saturated carbocycles. The van der Waals surface area contributed by atoms with Crippen LogP contribution in [-0.4, -0.2) is 18.9 Å². The highest BCUT2D eigenvalue weighted by Crippen LogP contribution is 2.28. The number of nitrogens with one attached hydrogen (secondary N) is 1. The van der Waals surface area contributed by atoms with Gasteiger partial charge in [-0.3, -0.25) is 0 Å². The van der Waals surface area contributed by atoms with Crippen molar-refractivity contribution in [1.82, 2.24) is 4.72 Å². The van der Waals surface area contributed by atoms with E-state index < -0.39 is 10.0 Å². The SMILES string of the molecule is CC1(NS(=O)(=O)Cc2ccccc2C(N)=S)CCCCC1. The van der Waals surface area contributed by atoms with Crippen molar-refractivity contribution in [2.24, 2.45) is 5.73 Å². The number of nitrogens with two attached hydrogens (primary N) is 1. The van der Waals surface area contributed by atoms with Crippen LogP contribution < -0.4 is 10.5 Å². The summed E-state index contributed by atoms with van der Waals surface area (Å²) in [6.07, 6.45) is 5.11. The lowest BCUT2D eigenvalue weighted by Crippen LogP contribution is -2.47. The van der Waals surface area contributed by atoms with E-state index in [0.717, 1.165) is 25.7 Å². The fourth-order valence-corrected chi connectivity index (χ4v) is 4.82. The summed E-state index contributed by atoms with van der Waals surface area (Å²) in [4.78, 5) is 0.227. The molecule has 0 radical (unpaired) electrons. The molecule has 0 spiro atoms. The van der Waals surface area contributed by atoms with E-state index in [1.807, 2.05) is 6.92 Å². The maximum atomic E-state index is 12.5. The molecule has 0 aromatic heterocycles. The molecule has 116 valence electrons. The minimum absolute atomic E-state index is 0.0872. The summed E-state index contributed by atoms with van der Waals surface area (Å²) in [7, 11) is -3.41. The number of hydrogen-bond acceptors (Lipinski definition) is 3. The second-order valence-electron chi connectivity index (χ2n) is 6.00. The molecular formula is C15H22N2O2S2. The van der Waals surface area contributed by atoms with Crippen molar-refractivity contribution in [1.29, 1.82) is 0 Å². The Balaban J connectivity index is 2.16. The number of hydrogen-bond donors (Lipinski definition) is 2. The van der Waals surface area contributed by atoms with Gasteiger partial charge in [-0.2, -0.15) is 0 Å². The van der Waals surface area contributed by atoms with E-state index in [0.29, 0.717) is 11.1 Å². The smallest absolute Gasteiger partial charge is 0.216 e. The number of thiocarbonyl (C=S) groups is 1. The molecule has 1 aromatic rings. The van der Waals surface area contributed by atoms with Crippen molar-refractivity contribution in [3.05, 3.63) is 35.4 Å². The number of rotatable bonds is 5. The van der Waals surface area contributed by atoms with Crippen LogP contribution >= 0.6 is 12.2 Å². The lowest BCUT2D eigenvalue weighted by molar-refractivity contribution is 0.294. The third-order valence-corrected chi connectivity index (χ3v) is 5.70. The predicted molar refractivity (Wildman–Crippen MR) is 89.6 cm³/mol. The van der Waals surface area contributed by atoms with E-state index >= 15 is 0 Å². The molecule has 1 aliphatic rings. The Hall–Kier alpha value is -0.980. The molecule has 0 aliphatic heterocycles. The van der Waals surface area contributed by atoms with Gasteiger partial charge in [-0.1, -0.05) is 55.7 Å². The van der Waals surface area contributed by atoms with E-state index in [2.05, 4.69) is 4.72 Å². The van der Waals surface area contributed by atoms with Gasteiger partial charge in [0.2, 0.25) is 10.0 Å². The number of benzene rings is 1. The molecule has 3 N–H and O–H groups in total. The average Bonchev–Trinajstić information content (AvgIpc) is 2.37. The van der Waals surface area contributed by atoms with Crippen molar-refractivity contribution in [2.45, 2.75) is 50.3 Å². The second-order valence-corrected chi connectivity index (χ2v) is 8.17. The van der Waals surface area contributed by atoms with Gasteiger partial charge in [0.15, 0.2) is 0 Å². The molecule has 1 aliphatic carbocycles. The second kappa shape index (κ2) is 6.42. The Bertz CT molecular complexity index is 620. The Morgan fingerprint density at radius 2 is 1.90 bits per heavy atom. The molecule has 6 heteroatoms. The van der Waals surface area contributed by atoms with E-state index in [9.17, 15) is 8.42 Å². The van der Waals surface area contributed by atoms with Gasteiger partial charge in [0.25, 0.3) is 0 Å². The van der Waals surface area contributed by atoms with Crippen LogP contribution in [0.4, 0.5) is 0 Å². The Kier molecular flexibility index (Phi) is 5.01. The highest BCUT2D eigenvalue weighted by molar-refractivity contribution is 7.88. The van der Waals surface area contributed by atoms with Crippen LogP contribution in [0.1, 0.15) is 50.2 Å². The lowest BCUT2D eigenvalue weighted by atomic mass is 9.84. The molecule has 0 saturated heterocycles. The van der Waals surface area contributed by atoms with Crippen molar-refractivity contribution in [3.63, 3.8) is 0 Å². The molecule has 0 atom stereocenters. The van der Waals surface area contributed by atoms with Crippen LogP contribution in [0.25, 0.3) is 0 Å². The van der Waals surface area contributed by atoms with Crippen LogP contribution in [0.5, 0.6) is 0 Å². The molecule has 1 fully saturated rings. The Morgan fingerprint density at radius 1 is 1.29 bits per heavy atom. The molecule has 4 nitrogen and oxygen atoms in total. The predicted octanol–water partition coefficient (Wildman–Crippen LogP) is 2.46. The fourth-order valence-electron chi connectivity index (χ4n) is 2.94. The topological polar surface area (TPSA) is 72.2 Å². The first-order valence-corrected chi connectivity index (χ1v) is 9.27. The summed E-state index contributed by atoms with van der Waals surface area (Å²) in [6, 6.07) is 7.13. The van der Waals surface area contributed by atoms with Gasteiger partial charge in [0.05, 0.1) is 5.75 Å². The normalized spacial score (nSPS) is 18.3. The van der Waals surface area contributed by atoms with Crippen LogP contribution in [0, 0.1) is 0 Å². The van der Waals surface area contributed by atoms with E-state index in [1.165, 1.54) is 6.42 Å². The first kappa shape index (κ1) is 16.4. The third kappa shape index (κ3) is 4.49. The first-order valence-electron chi connectivity index (χ1n) is 7.21. The maximum Gasteiger partial charge on any atom is 0.216 e. The molecular weight excluding hydrogens is 304 g/mol. The molecule has 0 amide bonds.